The lowest BCUT2D eigenvalue weighted by Crippen LogP contribution is -2.11. The van der Waals surface area contributed by atoms with Gasteiger partial charge in [0.05, 0.1) is 0 Å². The van der Waals surface area contributed by atoms with Gasteiger partial charge in [0.2, 0.25) is 0 Å². The summed E-state index contributed by atoms with van der Waals surface area (Å²) < 4.78 is 1.15. The summed E-state index contributed by atoms with van der Waals surface area (Å²) in [6, 6.07) is 6.39. The van der Waals surface area contributed by atoms with Crippen LogP contribution < -0.4 is 5.73 Å². The molecule has 1 aromatic carbocycles. The van der Waals surface area contributed by atoms with Crippen molar-refractivity contribution in [3.8, 4) is 0 Å². The van der Waals surface area contributed by atoms with Crippen molar-refractivity contribution in [2.24, 2.45) is 5.73 Å². The van der Waals surface area contributed by atoms with Crippen molar-refractivity contribution >= 4 is 15.9 Å². The molecule has 0 aliphatic carbocycles. The van der Waals surface area contributed by atoms with Crippen molar-refractivity contribution in [3.63, 3.8) is 0 Å². The van der Waals surface area contributed by atoms with Crippen molar-refractivity contribution in [2.75, 3.05) is 0 Å². The van der Waals surface area contributed by atoms with E-state index >= 15 is 0 Å². The van der Waals surface area contributed by atoms with Crippen LogP contribution >= 0.6 is 15.9 Å². The molecule has 1 nitrogen and oxygen atoms in total. The Morgan fingerprint density at radius 3 is 2.77 bits per heavy atom. The van der Waals surface area contributed by atoms with Gasteiger partial charge in [-0.1, -0.05) is 41.4 Å². The van der Waals surface area contributed by atoms with Crippen LogP contribution in [0.5, 0.6) is 0 Å². The van der Waals surface area contributed by atoms with Gasteiger partial charge in [-0.2, -0.15) is 0 Å². The zero-order chi connectivity index (χ0) is 9.84. The van der Waals surface area contributed by atoms with Gasteiger partial charge < -0.3 is 5.73 Å². The summed E-state index contributed by atoms with van der Waals surface area (Å²) in [4.78, 5) is 0. The molecule has 0 spiro atoms. The zero-order valence-corrected chi connectivity index (χ0v) is 9.76. The lowest BCUT2D eigenvalue weighted by molar-refractivity contribution is 0.635. The molecule has 2 heteroatoms. The van der Waals surface area contributed by atoms with Crippen LogP contribution in [0.3, 0.4) is 0 Å². The van der Waals surface area contributed by atoms with Crippen LogP contribution in [0, 0.1) is 6.92 Å². The van der Waals surface area contributed by atoms with Crippen LogP contribution in [-0.2, 0) is 0 Å². The molecule has 0 fully saturated rings. The van der Waals surface area contributed by atoms with E-state index < -0.39 is 0 Å². The fraction of sp³-hybridized carbons (Fsp3) is 0.455. The monoisotopic (exact) mass is 241 g/mol. The van der Waals surface area contributed by atoms with E-state index in [2.05, 4.69) is 41.9 Å². The second kappa shape index (κ2) is 4.77. The van der Waals surface area contributed by atoms with Gasteiger partial charge in [0.25, 0.3) is 0 Å². The lowest BCUT2D eigenvalue weighted by atomic mass is 9.99. The van der Waals surface area contributed by atoms with E-state index in [0.717, 1.165) is 17.3 Å². The average molecular weight is 242 g/mol. The lowest BCUT2D eigenvalue weighted by Gasteiger charge is -2.14. The Morgan fingerprint density at radius 2 is 2.15 bits per heavy atom. The third kappa shape index (κ3) is 2.55. The Bertz CT molecular complexity index is 283. The summed E-state index contributed by atoms with van der Waals surface area (Å²) in [5.41, 5.74) is 8.58. The second-order valence-electron chi connectivity index (χ2n) is 3.35. The van der Waals surface area contributed by atoms with Crippen molar-refractivity contribution < 1.29 is 0 Å². The number of nitrogens with two attached hydrogens (primary N) is 1. The molecule has 0 aliphatic heterocycles. The second-order valence-corrected chi connectivity index (χ2v) is 4.20. The maximum atomic E-state index is 6.05. The number of hydrogen-bond donors (Lipinski definition) is 1. The van der Waals surface area contributed by atoms with Gasteiger partial charge in [0.1, 0.15) is 0 Å². The highest BCUT2D eigenvalue weighted by Gasteiger charge is 2.08. The first-order chi connectivity index (χ1) is 6.16. The van der Waals surface area contributed by atoms with Crippen molar-refractivity contribution in [3.05, 3.63) is 33.8 Å². The Labute approximate surface area is 88.5 Å². The molecule has 0 heterocycles. The molecule has 1 atom stereocenters. The van der Waals surface area contributed by atoms with Crippen LogP contribution in [0.25, 0.3) is 0 Å². The maximum absolute atomic E-state index is 6.05. The Hall–Kier alpha value is -0.340. The Balaban J connectivity index is 2.93. The summed E-state index contributed by atoms with van der Waals surface area (Å²) in [6.45, 7) is 4.27. The predicted octanol–water partition coefficient (Wildman–Crippen LogP) is 3.56. The third-order valence-electron chi connectivity index (χ3n) is 2.31. The number of hydrogen-bond acceptors (Lipinski definition) is 1. The zero-order valence-electron chi connectivity index (χ0n) is 8.18. The molecule has 0 saturated heterocycles. The fourth-order valence-corrected chi connectivity index (χ4v) is 1.87. The van der Waals surface area contributed by atoms with Gasteiger partial charge in [-0.3, -0.25) is 0 Å². The largest absolute Gasteiger partial charge is 0.324 e. The minimum atomic E-state index is 0.183. The minimum absolute atomic E-state index is 0.183. The summed E-state index contributed by atoms with van der Waals surface area (Å²) >= 11 is 3.51. The van der Waals surface area contributed by atoms with Gasteiger partial charge in [-0.25, -0.2) is 0 Å². The van der Waals surface area contributed by atoms with Gasteiger partial charge in [-0.15, -0.1) is 0 Å². The number of halogens is 1. The topological polar surface area (TPSA) is 26.0 Å². The highest BCUT2D eigenvalue weighted by atomic mass is 79.9. The van der Waals surface area contributed by atoms with Gasteiger partial charge in [0.15, 0.2) is 0 Å². The smallest absolute Gasteiger partial charge is 0.0297 e. The van der Waals surface area contributed by atoms with Gasteiger partial charge in [0, 0.05) is 10.5 Å². The predicted molar refractivity (Wildman–Crippen MR) is 60.7 cm³/mol. The van der Waals surface area contributed by atoms with Gasteiger partial charge in [-0.05, 0) is 30.5 Å². The first-order valence-electron chi connectivity index (χ1n) is 4.67. The fourth-order valence-electron chi connectivity index (χ4n) is 1.49. The molecule has 0 bridgehead atoms. The summed E-state index contributed by atoms with van der Waals surface area (Å²) in [6.07, 6.45) is 2.18. The van der Waals surface area contributed by atoms with Crippen molar-refractivity contribution in [2.45, 2.75) is 32.7 Å². The van der Waals surface area contributed by atoms with Crippen molar-refractivity contribution in [1.82, 2.24) is 0 Å². The van der Waals surface area contributed by atoms with Crippen molar-refractivity contribution in [1.29, 1.82) is 0 Å². The number of benzene rings is 1. The van der Waals surface area contributed by atoms with Crippen LogP contribution in [-0.4, -0.2) is 0 Å². The minimum Gasteiger partial charge on any atom is -0.324 e. The van der Waals surface area contributed by atoms with Crippen LogP contribution in [0.2, 0.25) is 0 Å². The quantitative estimate of drug-likeness (QED) is 0.861. The van der Waals surface area contributed by atoms with Gasteiger partial charge >= 0.3 is 0 Å². The molecule has 13 heavy (non-hydrogen) atoms. The molecular formula is C11H16BrN. The molecule has 72 valence electrons. The average Bonchev–Trinajstić information content (AvgIpc) is 2.10. The molecule has 1 rings (SSSR count). The summed E-state index contributed by atoms with van der Waals surface area (Å²) in [5, 5.41) is 0. The Morgan fingerprint density at radius 1 is 1.46 bits per heavy atom. The molecule has 0 aromatic heterocycles. The van der Waals surface area contributed by atoms with E-state index in [0.29, 0.717) is 0 Å². The van der Waals surface area contributed by atoms with Crippen LogP contribution in [0.15, 0.2) is 22.7 Å². The van der Waals surface area contributed by atoms with E-state index in [1.165, 1.54) is 11.1 Å². The molecule has 0 radical (unpaired) electrons. The molecule has 0 amide bonds. The molecular weight excluding hydrogens is 226 g/mol. The van der Waals surface area contributed by atoms with Crippen LogP contribution in [0.1, 0.15) is 36.9 Å². The summed E-state index contributed by atoms with van der Waals surface area (Å²) in [7, 11) is 0. The van der Waals surface area contributed by atoms with E-state index in [4.69, 9.17) is 5.73 Å². The maximum Gasteiger partial charge on any atom is 0.0297 e. The van der Waals surface area contributed by atoms with E-state index in [1.54, 1.807) is 0 Å². The first kappa shape index (κ1) is 10.7. The van der Waals surface area contributed by atoms with E-state index in [1.807, 2.05) is 6.07 Å². The molecule has 0 saturated carbocycles. The standard InChI is InChI=1S/C11H16BrN/c1-3-5-11(13)9-6-4-7-10(12)8(9)2/h4,6-7,11H,3,5,13H2,1-2H3/t11-/m1/s1. The van der Waals surface area contributed by atoms with E-state index in [9.17, 15) is 0 Å². The molecule has 1 aromatic rings. The molecule has 2 N–H and O–H groups in total. The Kier molecular flexibility index (Phi) is 3.94. The normalized spacial score (nSPS) is 12.9. The number of rotatable bonds is 3. The highest BCUT2D eigenvalue weighted by Crippen LogP contribution is 2.25. The SMILES string of the molecule is CCC[C@@H](N)c1cccc(Br)c1C. The molecule has 0 unspecified atom stereocenters. The third-order valence-corrected chi connectivity index (χ3v) is 3.17. The molecule has 0 aliphatic rings. The summed E-state index contributed by atoms with van der Waals surface area (Å²) in [5.74, 6) is 0. The van der Waals surface area contributed by atoms with E-state index in [-0.39, 0.29) is 6.04 Å². The van der Waals surface area contributed by atoms with Crippen LogP contribution in [0.4, 0.5) is 0 Å². The first-order valence-corrected chi connectivity index (χ1v) is 5.46. The highest BCUT2D eigenvalue weighted by molar-refractivity contribution is 9.10.